The molecule has 0 aliphatic carbocycles. The van der Waals surface area contributed by atoms with Gasteiger partial charge in [-0.3, -0.25) is 0 Å². The van der Waals surface area contributed by atoms with E-state index in [0.29, 0.717) is 5.58 Å². The van der Waals surface area contributed by atoms with E-state index in [1.165, 1.54) is 6.07 Å². The van der Waals surface area contributed by atoms with Crippen molar-refractivity contribution in [2.24, 2.45) is 7.05 Å². The molecule has 0 atom stereocenters. The Balaban J connectivity index is 1.82. The summed E-state index contributed by atoms with van der Waals surface area (Å²) < 4.78 is 7.07. The van der Waals surface area contributed by atoms with Gasteiger partial charge in [-0.25, -0.2) is 4.79 Å². The molecule has 1 aromatic carbocycles. The van der Waals surface area contributed by atoms with E-state index in [0.717, 1.165) is 21.9 Å². The summed E-state index contributed by atoms with van der Waals surface area (Å²) >= 11 is 1.57. The summed E-state index contributed by atoms with van der Waals surface area (Å²) in [7, 11) is 1.89. The zero-order valence-corrected chi connectivity index (χ0v) is 11.4. The van der Waals surface area contributed by atoms with Gasteiger partial charge in [0.15, 0.2) is 5.16 Å². The lowest BCUT2D eigenvalue weighted by Gasteiger charge is -2.01. The maximum absolute atomic E-state index is 10.9. The zero-order valence-electron chi connectivity index (χ0n) is 10.6. The third kappa shape index (κ3) is 2.39. The van der Waals surface area contributed by atoms with Gasteiger partial charge in [0.1, 0.15) is 11.9 Å². The number of rotatable bonds is 4. The molecule has 102 valence electrons. The van der Waals surface area contributed by atoms with Crippen LogP contribution in [0.25, 0.3) is 11.0 Å². The number of carboxylic acid groups (broad SMARTS) is 1. The normalized spacial score (nSPS) is 11.1. The predicted molar refractivity (Wildman–Crippen MR) is 73.7 cm³/mol. The zero-order chi connectivity index (χ0) is 14.1. The Morgan fingerprint density at radius 3 is 3.00 bits per heavy atom. The Morgan fingerprint density at radius 2 is 2.30 bits per heavy atom. The van der Waals surface area contributed by atoms with E-state index in [1.54, 1.807) is 24.2 Å². The molecule has 6 nitrogen and oxygen atoms in total. The maximum Gasteiger partial charge on any atom is 0.371 e. The Hall–Kier alpha value is -2.28. The fraction of sp³-hybridized carbons (Fsp3) is 0.154. The molecule has 0 radical (unpaired) electrons. The number of aromatic carboxylic acids is 1. The van der Waals surface area contributed by atoms with Crippen LogP contribution in [0.15, 0.2) is 40.2 Å². The minimum absolute atomic E-state index is 0.0434. The van der Waals surface area contributed by atoms with Crippen molar-refractivity contribution in [2.75, 3.05) is 0 Å². The molecule has 20 heavy (non-hydrogen) atoms. The lowest BCUT2D eigenvalue weighted by Crippen LogP contribution is -1.91. The summed E-state index contributed by atoms with van der Waals surface area (Å²) in [5.41, 5.74) is 1.65. The molecule has 0 unspecified atom stereocenters. The molecule has 0 aliphatic heterocycles. The highest BCUT2D eigenvalue weighted by Gasteiger charge is 2.11. The second kappa shape index (κ2) is 5.01. The first-order valence-electron chi connectivity index (χ1n) is 5.86. The first kappa shape index (κ1) is 12.7. The first-order valence-corrected chi connectivity index (χ1v) is 6.84. The number of aromatic nitrogens is 3. The number of thioether (sulfide) groups is 1. The number of hydrogen-bond acceptors (Lipinski definition) is 5. The summed E-state index contributed by atoms with van der Waals surface area (Å²) in [6, 6.07) is 7.16. The molecule has 0 saturated carbocycles. The van der Waals surface area contributed by atoms with E-state index in [4.69, 9.17) is 9.52 Å². The van der Waals surface area contributed by atoms with Crippen LogP contribution >= 0.6 is 11.8 Å². The second-order valence-corrected chi connectivity index (χ2v) is 5.24. The van der Waals surface area contributed by atoms with Crippen molar-refractivity contribution in [1.29, 1.82) is 0 Å². The number of fused-ring (bicyclic) bond motifs is 1. The molecule has 2 heterocycles. The van der Waals surface area contributed by atoms with Crippen LogP contribution in [0, 0.1) is 0 Å². The maximum atomic E-state index is 10.9. The van der Waals surface area contributed by atoms with Gasteiger partial charge in [0, 0.05) is 18.2 Å². The SMILES string of the molecule is Cn1cnnc1SCc1ccc2oc(C(=O)O)cc2c1. The quantitative estimate of drug-likeness (QED) is 0.743. The van der Waals surface area contributed by atoms with Gasteiger partial charge in [0.25, 0.3) is 0 Å². The van der Waals surface area contributed by atoms with Crippen LogP contribution in [0.2, 0.25) is 0 Å². The number of nitrogens with zero attached hydrogens (tertiary/aromatic N) is 3. The Bertz CT molecular complexity index is 778. The minimum Gasteiger partial charge on any atom is -0.475 e. The molecule has 0 spiro atoms. The van der Waals surface area contributed by atoms with Crippen molar-refractivity contribution in [2.45, 2.75) is 10.9 Å². The van der Waals surface area contributed by atoms with E-state index in [9.17, 15) is 4.79 Å². The second-order valence-electron chi connectivity index (χ2n) is 4.30. The van der Waals surface area contributed by atoms with Gasteiger partial charge in [-0.15, -0.1) is 10.2 Å². The molecule has 0 saturated heterocycles. The number of carbonyl (C=O) groups is 1. The molecule has 3 rings (SSSR count). The average Bonchev–Trinajstić information content (AvgIpc) is 3.01. The van der Waals surface area contributed by atoms with Gasteiger partial charge in [-0.2, -0.15) is 0 Å². The molecular formula is C13H11N3O3S. The fourth-order valence-corrected chi connectivity index (χ4v) is 2.67. The molecular weight excluding hydrogens is 278 g/mol. The fourth-order valence-electron chi connectivity index (χ4n) is 1.84. The molecule has 0 amide bonds. The Kier molecular flexibility index (Phi) is 3.19. The topological polar surface area (TPSA) is 81.2 Å². The van der Waals surface area contributed by atoms with Gasteiger partial charge in [-0.1, -0.05) is 17.8 Å². The number of aryl methyl sites for hydroxylation is 1. The van der Waals surface area contributed by atoms with E-state index >= 15 is 0 Å². The summed E-state index contributed by atoms with van der Waals surface area (Å²) in [5, 5.41) is 18.3. The van der Waals surface area contributed by atoms with Crippen LogP contribution < -0.4 is 0 Å². The summed E-state index contributed by atoms with van der Waals surface area (Å²) in [5.74, 6) is -0.370. The van der Waals surface area contributed by atoms with Crippen molar-refractivity contribution in [3.05, 3.63) is 41.9 Å². The van der Waals surface area contributed by atoms with Gasteiger partial charge in [0.2, 0.25) is 5.76 Å². The summed E-state index contributed by atoms with van der Waals surface area (Å²) in [6.07, 6.45) is 1.65. The predicted octanol–water partition coefficient (Wildman–Crippen LogP) is 2.55. The molecule has 7 heteroatoms. The molecule has 2 aromatic heterocycles. The van der Waals surface area contributed by atoms with Crippen molar-refractivity contribution in [3.8, 4) is 0 Å². The van der Waals surface area contributed by atoms with Crippen molar-refractivity contribution < 1.29 is 14.3 Å². The highest BCUT2D eigenvalue weighted by Crippen LogP contribution is 2.25. The van der Waals surface area contributed by atoms with Crippen LogP contribution in [-0.4, -0.2) is 25.8 Å². The monoisotopic (exact) mass is 289 g/mol. The Labute approximate surface area is 118 Å². The molecule has 1 N–H and O–H groups in total. The molecule has 0 bridgehead atoms. The average molecular weight is 289 g/mol. The number of carboxylic acids is 1. The van der Waals surface area contributed by atoms with E-state index in [1.807, 2.05) is 23.7 Å². The largest absolute Gasteiger partial charge is 0.475 e. The third-order valence-electron chi connectivity index (χ3n) is 2.83. The molecule has 3 aromatic rings. The van der Waals surface area contributed by atoms with E-state index < -0.39 is 5.97 Å². The highest BCUT2D eigenvalue weighted by atomic mass is 32.2. The summed E-state index contributed by atoms with van der Waals surface area (Å²) in [6.45, 7) is 0. The number of furan rings is 1. The van der Waals surface area contributed by atoms with Gasteiger partial charge in [-0.05, 0) is 23.8 Å². The van der Waals surface area contributed by atoms with Crippen molar-refractivity contribution in [1.82, 2.24) is 14.8 Å². The van der Waals surface area contributed by atoms with E-state index in [-0.39, 0.29) is 5.76 Å². The number of hydrogen-bond donors (Lipinski definition) is 1. The minimum atomic E-state index is -1.06. The van der Waals surface area contributed by atoms with E-state index in [2.05, 4.69) is 10.2 Å². The van der Waals surface area contributed by atoms with Crippen LogP contribution in [0.5, 0.6) is 0 Å². The van der Waals surface area contributed by atoms with Crippen LogP contribution in [0.3, 0.4) is 0 Å². The van der Waals surface area contributed by atoms with Gasteiger partial charge >= 0.3 is 5.97 Å². The van der Waals surface area contributed by atoms with Crippen molar-refractivity contribution >= 4 is 28.7 Å². The lowest BCUT2D eigenvalue weighted by molar-refractivity contribution is 0.0665. The Morgan fingerprint density at radius 1 is 1.45 bits per heavy atom. The highest BCUT2D eigenvalue weighted by molar-refractivity contribution is 7.98. The van der Waals surface area contributed by atoms with Gasteiger partial charge < -0.3 is 14.1 Å². The van der Waals surface area contributed by atoms with Crippen LogP contribution in [0.4, 0.5) is 0 Å². The van der Waals surface area contributed by atoms with Crippen LogP contribution in [0.1, 0.15) is 16.1 Å². The van der Waals surface area contributed by atoms with Gasteiger partial charge in [0.05, 0.1) is 0 Å². The van der Waals surface area contributed by atoms with Crippen molar-refractivity contribution in [3.63, 3.8) is 0 Å². The molecule has 0 aliphatic rings. The number of benzene rings is 1. The summed E-state index contributed by atoms with van der Waals surface area (Å²) in [4.78, 5) is 10.9. The third-order valence-corrected chi connectivity index (χ3v) is 3.93. The molecule has 0 fully saturated rings. The van der Waals surface area contributed by atoms with Crippen LogP contribution in [-0.2, 0) is 12.8 Å². The smallest absolute Gasteiger partial charge is 0.371 e. The first-order chi connectivity index (χ1) is 9.63. The lowest BCUT2D eigenvalue weighted by atomic mass is 10.2. The standard InChI is InChI=1S/C13H11N3O3S/c1-16-7-14-15-13(16)20-6-8-2-3-10-9(4-8)5-11(19-10)12(17)18/h2-5,7H,6H2,1H3,(H,17,18).